The van der Waals surface area contributed by atoms with Crippen LogP contribution in [0.2, 0.25) is 0 Å². The number of fused-ring (bicyclic) bond motifs is 9. The molecule has 4 saturated carbocycles. The number of ether oxygens (including phenoxy) is 1. The van der Waals surface area contributed by atoms with Gasteiger partial charge in [0.15, 0.2) is 23.1 Å². The smallest absolute Gasteiger partial charge is 0.165 e. The second-order valence-corrected chi connectivity index (χ2v) is 23.8. The number of ketones is 2. The third-order valence-corrected chi connectivity index (χ3v) is 19.7. The third kappa shape index (κ3) is 9.43. The van der Waals surface area contributed by atoms with E-state index < -0.39 is 29.7 Å². The average molecular weight is 972 g/mol. The van der Waals surface area contributed by atoms with E-state index in [0.29, 0.717) is 77.9 Å². The monoisotopic (exact) mass is 971 g/mol. The minimum absolute atomic E-state index is 0.00484. The standard InChI is InChI=1S/C56H65N3O8S2/c57-53(58)43-22-35-3-1-5-47-41(13-17-59-47)50(65)24-44-42(35)23-37(43)30-68-69-32-56-25-36-21-38-4-2-15-54(38,26-40(62)29-60)27-46(36)55(31-56,28-52(56)66)16-12-39(61)9-6-33-8-11-49(64)51(20-33)67-18-14-34-7-10-48(63)45(44)19-34/h7-8,10-13,16-17,19-20,22-23,36,38,40,44,46,52-53,59-60,62-64,66H,2,4-6,9,14-15,18,21,24-32,57-58H2/b16-12+/t36-,38+,40-,44+,46-,52-,54+,55-,56-/m0/s1. The van der Waals surface area contributed by atoms with Gasteiger partial charge in [0, 0.05) is 70.7 Å². The number of aromatic nitrogens is 1. The van der Waals surface area contributed by atoms with Gasteiger partial charge in [-0.15, -0.1) is 0 Å². The van der Waals surface area contributed by atoms with Gasteiger partial charge in [-0.1, -0.05) is 70.2 Å². The van der Waals surface area contributed by atoms with Crippen LogP contribution >= 0.6 is 21.6 Å². The van der Waals surface area contributed by atoms with Gasteiger partial charge in [0.05, 0.1) is 38.0 Å². The highest BCUT2D eigenvalue weighted by atomic mass is 33.1. The first-order valence-electron chi connectivity index (χ1n) is 24.8. The lowest BCUT2D eigenvalue weighted by molar-refractivity contribution is -0.114. The van der Waals surface area contributed by atoms with Gasteiger partial charge in [-0.2, -0.15) is 0 Å². The molecule has 364 valence electrons. The van der Waals surface area contributed by atoms with Crippen molar-refractivity contribution in [2.24, 2.45) is 45.5 Å². The lowest BCUT2D eigenvalue weighted by Crippen LogP contribution is -2.50. The van der Waals surface area contributed by atoms with Crippen molar-refractivity contribution in [2.75, 3.05) is 19.0 Å². The number of H-pyrrole nitrogens is 1. The highest BCUT2D eigenvalue weighted by molar-refractivity contribution is 8.76. The fourth-order valence-corrected chi connectivity index (χ4v) is 16.7. The molecular formula is C56H65N3O8S2. The summed E-state index contributed by atoms with van der Waals surface area (Å²) in [4.78, 5) is 31.4. The molecule has 69 heavy (non-hydrogen) atoms. The fourth-order valence-electron chi connectivity index (χ4n) is 13.9. The van der Waals surface area contributed by atoms with Crippen molar-refractivity contribution < 1.29 is 39.9 Å². The van der Waals surface area contributed by atoms with Gasteiger partial charge in [-0.3, -0.25) is 9.59 Å². The summed E-state index contributed by atoms with van der Waals surface area (Å²) in [7, 11) is 3.45. The first kappa shape index (κ1) is 48.1. The molecule has 1 aliphatic heterocycles. The topological polar surface area (TPSA) is 212 Å². The number of hydrogen-bond acceptors (Lipinski definition) is 12. The molecule has 4 fully saturated rings. The van der Waals surface area contributed by atoms with Crippen LogP contribution < -0.4 is 16.2 Å². The number of rotatable bonds is 4. The largest absolute Gasteiger partial charge is 0.508 e. The number of benzene rings is 3. The minimum atomic E-state index is -0.802. The molecule has 0 unspecified atom stereocenters. The maximum absolute atomic E-state index is 14.3. The van der Waals surface area contributed by atoms with E-state index in [1.807, 2.05) is 24.3 Å². The van der Waals surface area contributed by atoms with Crippen LogP contribution in [0.4, 0.5) is 0 Å². The number of Topliss-reactive ketones (excluding diaryl/α,β-unsaturated/α-hetero) is 1. The number of aromatic amines is 1. The van der Waals surface area contributed by atoms with Crippen LogP contribution in [-0.4, -0.2) is 73.3 Å². The summed E-state index contributed by atoms with van der Waals surface area (Å²) in [6.45, 7) is -0.0329. The highest BCUT2D eigenvalue weighted by Gasteiger charge is 2.65. The fraction of sp³-hybridized carbons (Fsp3) is 0.500. The van der Waals surface area contributed by atoms with Crippen molar-refractivity contribution in [3.8, 4) is 29.1 Å². The molecule has 0 amide bonds. The summed E-state index contributed by atoms with van der Waals surface area (Å²) >= 11 is 0. The van der Waals surface area contributed by atoms with Crippen molar-refractivity contribution in [3.05, 3.63) is 123 Å². The molecule has 4 aromatic rings. The molecule has 10 N–H and O–H groups in total. The van der Waals surface area contributed by atoms with E-state index in [2.05, 4.69) is 29.0 Å². The van der Waals surface area contributed by atoms with Crippen LogP contribution in [0.5, 0.6) is 17.2 Å². The van der Waals surface area contributed by atoms with Crippen molar-refractivity contribution >= 4 is 33.2 Å². The van der Waals surface area contributed by atoms with Gasteiger partial charge in [-0.25, -0.2) is 0 Å². The zero-order valence-corrected chi connectivity index (χ0v) is 40.8. The summed E-state index contributed by atoms with van der Waals surface area (Å²) in [5.41, 5.74) is 19.0. The average Bonchev–Trinajstić information content (AvgIpc) is 4.03. The Morgan fingerprint density at radius 2 is 1.77 bits per heavy atom. The first-order valence-corrected chi connectivity index (χ1v) is 27.3. The van der Waals surface area contributed by atoms with Gasteiger partial charge in [0.2, 0.25) is 0 Å². The first-order chi connectivity index (χ1) is 33.3. The number of allylic oxidation sites excluding steroid dienone is 2. The van der Waals surface area contributed by atoms with E-state index in [1.54, 1.807) is 58.1 Å². The molecule has 2 heterocycles. The second-order valence-electron chi connectivity index (χ2n) is 21.3. The van der Waals surface area contributed by atoms with E-state index >= 15 is 0 Å². The van der Waals surface area contributed by atoms with Gasteiger partial charge < -0.3 is 46.7 Å². The van der Waals surface area contributed by atoms with Crippen molar-refractivity contribution in [1.29, 1.82) is 0 Å². The number of nitrogens with two attached hydrogens (primary N) is 2. The number of carbonyl (C=O) groups is 2. The predicted molar refractivity (Wildman–Crippen MR) is 270 cm³/mol. The SMILES string of the molecule is NC(N)c1cc2c3cc1CSSC[C@@]14C[C@@H]5C[C@H]6CCC[C@@]6(C[C@H](O)CO)C[C@@H]5[C@@](/C=C/C(=O)CCc5ccc(O)c(c5)OCCc5ccc(O)c(c5)[C@@H]3CC(=O)c3cc[nH]c3CC#C2)(C[C@@H]1O)C4. The molecular weight excluding hydrogens is 907 g/mol. The number of aryl methyl sites for hydroxylation is 1. The van der Waals surface area contributed by atoms with Crippen LogP contribution in [0.3, 0.4) is 0 Å². The summed E-state index contributed by atoms with van der Waals surface area (Å²) in [5, 5.41) is 55.7. The van der Waals surface area contributed by atoms with Crippen molar-refractivity contribution in [2.45, 2.75) is 120 Å². The summed E-state index contributed by atoms with van der Waals surface area (Å²) in [5.74, 6) is 8.71. The number of hydrogen-bond donors (Lipinski definition) is 8. The Morgan fingerprint density at radius 1 is 0.942 bits per heavy atom. The van der Waals surface area contributed by atoms with Crippen LogP contribution in [0.25, 0.3) is 0 Å². The number of aliphatic hydroxyl groups is 3. The Labute approximate surface area is 412 Å². The number of aromatic hydroxyl groups is 2. The number of carbonyl (C=O) groups excluding carboxylic acids is 2. The van der Waals surface area contributed by atoms with E-state index in [0.717, 1.165) is 78.5 Å². The van der Waals surface area contributed by atoms with Gasteiger partial charge in [0.1, 0.15) is 5.75 Å². The highest BCUT2D eigenvalue weighted by Crippen LogP contribution is 2.71. The summed E-state index contributed by atoms with van der Waals surface area (Å²) in [6.07, 6.45) is 13.2. The molecule has 9 atom stereocenters. The Bertz CT molecular complexity index is 2710. The van der Waals surface area contributed by atoms with Crippen LogP contribution in [0, 0.1) is 45.8 Å². The summed E-state index contributed by atoms with van der Waals surface area (Å²) < 4.78 is 6.19. The van der Waals surface area contributed by atoms with Crippen LogP contribution in [0.1, 0.15) is 138 Å². The Morgan fingerprint density at radius 3 is 2.59 bits per heavy atom. The molecule has 0 spiro atoms. The van der Waals surface area contributed by atoms with Crippen LogP contribution in [0.15, 0.2) is 72.9 Å². The Balaban J connectivity index is 1.03. The molecule has 10 rings (SSSR count). The third-order valence-electron chi connectivity index (χ3n) is 17.2. The molecule has 0 radical (unpaired) electrons. The quantitative estimate of drug-likeness (QED) is 0.0551. The maximum atomic E-state index is 14.3. The second kappa shape index (κ2) is 19.6. The molecule has 8 bridgehead atoms. The van der Waals surface area contributed by atoms with E-state index in [1.165, 1.54) is 0 Å². The van der Waals surface area contributed by atoms with Gasteiger partial charge in [-0.05, 0) is 151 Å². The van der Waals surface area contributed by atoms with E-state index in [-0.39, 0.29) is 65.9 Å². The lowest BCUT2D eigenvalue weighted by Gasteiger charge is -2.57. The van der Waals surface area contributed by atoms with Crippen molar-refractivity contribution in [3.63, 3.8) is 0 Å². The molecule has 13 heteroatoms. The molecule has 1 aromatic heterocycles. The predicted octanol–water partition coefficient (Wildman–Crippen LogP) is 8.32. The number of phenolic OH excluding ortho intramolecular Hbond substituents is 2. The molecule has 6 aliphatic rings. The number of phenols is 2. The molecule has 3 aromatic carbocycles. The van der Waals surface area contributed by atoms with Crippen molar-refractivity contribution in [1.82, 2.24) is 4.98 Å². The molecule has 5 aliphatic carbocycles. The van der Waals surface area contributed by atoms with Gasteiger partial charge in [0.25, 0.3) is 0 Å². The lowest BCUT2D eigenvalue weighted by atomic mass is 9.48. The zero-order valence-electron chi connectivity index (χ0n) is 39.1. The molecule has 0 saturated heterocycles. The molecule has 11 nitrogen and oxygen atoms in total. The number of aliphatic hydroxyl groups excluding tert-OH is 3. The normalized spacial score (nSPS) is 31.1. The Kier molecular flexibility index (Phi) is 13.7. The van der Waals surface area contributed by atoms with E-state index in [4.69, 9.17) is 16.2 Å². The van der Waals surface area contributed by atoms with Crippen LogP contribution in [-0.2, 0) is 29.8 Å². The van der Waals surface area contributed by atoms with E-state index in [9.17, 15) is 35.1 Å². The Hall–Kier alpha value is -4.52. The van der Waals surface area contributed by atoms with Gasteiger partial charge >= 0.3 is 0 Å². The minimum Gasteiger partial charge on any atom is -0.508 e. The zero-order chi connectivity index (χ0) is 48.1. The summed E-state index contributed by atoms with van der Waals surface area (Å²) in [6, 6.07) is 16.5. The maximum Gasteiger partial charge on any atom is 0.165 e. The number of nitrogens with one attached hydrogen (secondary N) is 1.